The number of benzene rings is 3. The van der Waals surface area contributed by atoms with E-state index in [0.717, 1.165) is 17.2 Å². The maximum atomic E-state index is 12.4. The van der Waals surface area contributed by atoms with Gasteiger partial charge in [0.05, 0.1) is 5.39 Å². The highest BCUT2D eigenvalue weighted by Gasteiger charge is 2.16. The molecule has 3 aromatic carbocycles. The van der Waals surface area contributed by atoms with Gasteiger partial charge in [0.25, 0.3) is 5.91 Å². The Bertz CT molecular complexity index is 1290. The Hall–Kier alpha value is -4.19. The Morgan fingerprint density at radius 3 is 2.42 bits per heavy atom. The van der Waals surface area contributed by atoms with Crippen LogP contribution in [0.1, 0.15) is 21.7 Å². The number of hydrogen-bond acceptors (Lipinski definition) is 5. The third-order valence-electron chi connectivity index (χ3n) is 4.70. The predicted molar refractivity (Wildman–Crippen MR) is 117 cm³/mol. The number of esters is 1. The molecular formula is C25H19NO5. The summed E-state index contributed by atoms with van der Waals surface area (Å²) in [4.78, 5) is 36.7. The van der Waals surface area contributed by atoms with E-state index in [1.54, 1.807) is 30.3 Å². The van der Waals surface area contributed by atoms with E-state index < -0.39 is 18.5 Å². The van der Waals surface area contributed by atoms with E-state index in [9.17, 15) is 14.4 Å². The van der Waals surface area contributed by atoms with Crippen LogP contribution in [-0.2, 0) is 16.0 Å². The van der Waals surface area contributed by atoms with Crippen LogP contribution in [0.4, 0.5) is 5.69 Å². The largest absolute Gasteiger partial charge is 0.450 e. The summed E-state index contributed by atoms with van der Waals surface area (Å²) < 4.78 is 10.5. The summed E-state index contributed by atoms with van der Waals surface area (Å²) in [5, 5.41) is 3.14. The fraction of sp³-hybridized carbons (Fsp3) is 0.0800. The number of fused-ring (bicyclic) bond motifs is 1. The molecule has 154 valence electrons. The van der Waals surface area contributed by atoms with Crippen molar-refractivity contribution in [2.24, 2.45) is 0 Å². The molecule has 4 rings (SSSR count). The second kappa shape index (κ2) is 9.09. The van der Waals surface area contributed by atoms with Gasteiger partial charge in [-0.3, -0.25) is 9.59 Å². The highest BCUT2D eigenvalue weighted by Crippen LogP contribution is 2.19. The zero-order valence-electron chi connectivity index (χ0n) is 16.5. The Morgan fingerprint density at radius 2 is 1.58 bits per heavy atom. The van der Waals surface area contributed by atoms with Crippen LogP contribution in [0.25, 0.3) is 11.0 Å². The van der Waals surface area contributed by atoms with Crippen molar-refractivity contribution in [3.05, 3.63) is 112 Å². The molecule has 0 atom stereocenters. The van der Waals surface area contributed by atoms with E-state index in [-0.39, 0.29) is 16.8 Å². The molecule has 0 fully saturated rings. The molecule has 4 aromatic rings. The average Bonchev–Trinajstić information content (AvgIpc) is 2.79. The Morgan fingerprint density at radius 1 is 0.871 bits per heavy atom. The maximum Gasteiger partial charge on any atom is 0.374 e. The smallest absolute Gasteiger partial charge is 0.374 e. The van der Waals surface area contributed by atoms with Crippen LogP contribution in [0.2, 0.25) is 0 Å². The molecule has 6 heteroatoms. The van der Waals surface area contributed by atoms with Gasteiger partial charge in [-0.1, -0.05) is 60.7 Å². The Balaban J connectivity index is 1.41. The van der Waals surface area contributed by atoms with E-state index in [1.807, 2.05) is 48.5 Å². The van der Waals surface area contributed by atoms with Crippen LogP contribution < -0.4 is 10.7 Å². The third-order valence-corrected chi connectivity index (χ3v) is 4.70. The van der Waals surface area contributed by atoms with Crippen molar-refractivity contribution in [2.75, 3.05) is 11.9 Å². The van der Waals surface area contributed by atoms with Crippen LogP contribution in [-0.4, -0.2) is 18.5 Å². The normalized spacial score (nSPS) is 10.6. The number of carbonyl (C=O) groups excluding carboxylic acids is 2. The minimum Gasteiger partial charge on any atom is -0.450 e. The summed E-state index contributed by atoms with van der Waals surface area (Å²) in [7, 11) is 0. The van der Waals surface area contributed by atoms with Crippen molar-refractivity contribution in [1.29, 1.82) is 0 Å². The molecule has 31 heavy (non-hydrogen) atoms. The molecule has 0 aliphatic heterocycles. The number of amides is 1. The molecule has 0 radical (unpaired) electrons. The van der Waals surface area contributed by atoms with Crippen molar-refractivity contribution >= 4 is 28.5 Å². The number of ether oxygens (including phenoxy) is 1. The van der Waals surface area contributed by atoms with Gasteiger partial charge >= 0.3 is 5.97 Å². The topological polar surface area (TPSA) is 85.6 Å². The molecule has 1 amide bonds. The highest BCUT2D eigenvalue weighted by atomic mass is 16.5. The lowest BCUT2D eigenvalue weighted by molar-refractivity contribution is -0.119. The molecule has 0 saturated heterocycles. The number of carbonyl (C=O) groups is 2. The van der Waals surface area contributed by atoms with E-state index >= 15 is 0 Å². The van der Waals surface area contributed by atoms with Crippen molar-refractivity contribution in [3.8, 4) is 0 Å². The summed E-state index contributed by atoms with van der Waals surface area (Å²) in [5.41, 5.74) is 2.62. The van der Waals surface area contributed by atoms with Crippen LogP contribution in [0, 0.1) is 0 Å². The van der Waals surface area contributed by atoms with Gasteiger partial charge < -0.3 is 14.5 Å². The van der Waals surface area contributed by atoms with Crippen molar-refractivity contribution in [1.82, 2.24) is 0 Å². The van der Waals surface area contributed by atoms with Gasteiger partial charge in [-0.2, -0.15) is 0 Å². The zero-order chi connectivity index (χ0) is 21.6. The summed E-state index contributed by atoms with van der Waals surface area (Å²) in [6.45, 7) is -0.505. The average molecular weight is 413 g/mol. The summed E-state index contributed by atoms with van der Waals surface area (Å²) in [6, 6.07) is 25.0. The standard InChI is InChI=1S/C25H19NO5/c27-21-15-23(31-22-13-7-5-11-19(21)22)25(29)30-16-24(28)26-20-12-6-4-10-18(20)14-17-8-2-1-3-9-17/h1-13,15H,14,16H2,(H,26,28). The van der Waals surface area contributed by atoms with Crippen LogP contribution in [0.3, 0.4) is 0 Å². The first kappa shape index (κ1) is 20.1. The molecule has 1 aromatic heterocycles. The van der Waals surface area contributed by atoms with E-state index in [2.05, 4.69) is 5.32 Å². The summed E-state index contributed by atoms with van der Waals surface area (Å²) in [5.74, 6) is -1.62. The van der Waals surface area contributed by atoms with E-state index in [1.165, 1.54) is 0 Å². The van der Waals surface area contributed by atoms with Crippen molar-refractivity contribution in [2.45, 2.75) is 6.42 Å². The quantitative estimate of drug-likeness (QED) is 0.479. The number of rotatable bonds is 6. The van der Waals surface area contributed by atoms with Gasteiger partial charge in [0.1, 0.15) is 5.58 Å². The third kappa shape index (κ3) is 4.87. The fourth-order valence-corrected chi connectivity index (χ4v) is 3.21. The monoisotopic (exact) mass is 413 g/mol. The molecule has 0 spiro atoms. The molecule has 0 aliphatic carbocycles. The van der Waals surface area contributed by atoms with Crippen LogP contribution in [0.15, 0.2) is 94.1 Å². The van der Waals surface area contributed by atoms with Gasteiger partial charge in [0.2, 0.25) is 5.76 Å². The second-order valence-corrected chi connectivity index (χ2v) is 6.91. The molecule has 0 saturated carbocycles. The molecule has 0 bridgehead atoms. The second-order valence-electron chi connectivity index (χ2n) is 6.91. The van der Waals surface area contributed by atoms with Gasteiger partial charge in [-0.25, -0.2) is 4.79 Å². The molecule has 1 heterocycles. The minimum atomic E-state index is -0.879. The lowest BCUT2D eigenvalue weighted by Crippen LogP contribution is -2.22. The van der Waals surface area contributed by atoms with E-state index in [0.29, 0.717) is 17.5 Å². The summed E-state index contributed by atoms with van der Waals surface area (Å²) >= 11 is 0. The fourth-order valence-electron chi connectivity index (χ4n) is 3.21. The number of para-hydroxylation sites is 2. The highest BCUT2D eigenvalue weighted by molar-refractivity contribution is 5.95. The summed E-state index contributed by atoms with van der Waals surface area (Å²) in [6.07, 6.45) is 0.652. The molecule has 1 N–H and O–H groups in total. The first-order valence-electron chi connectivity index (χ1n) is 9.72. The van der Waals surface area contributed by atoms with Crippen molar-refractivity contribution < 1.29 is 18.7 Å². The van der Waals surface area contributed by atoms with Gasteiger partial charge in [-0.15, -0.1) is 0 Å². The predicted octanol–water partition coefficient (Wildman–Crippen LogP) is 4.18. The van der Waals surface area contributed by atoms with Crippen molar-refractivity contribution in [3.63, 3.8) is 0 Å². The first-order chi connectivity index (χ1) is 15.1. The van der Waals surface area contributed by atoms with Crippen LogP contribution >= 0.6 is 0 Å². The minimum absolute atomic E-state index is 0.249. The molecular weight excluding hydrogens is 394 g/mol. The number of hydrogen-bond donors (Lipinski definition) is 1. The maximum absolute atomic E-state index is 12.4. The van der Waals surface area contributed by atoms with E-state index in [4.69, 9.17) is 9.15 Å². The zero-order valence-corrected chi connectivity index (χ0v) is 16.5. The van der Waals surface area contributed by atoms with Gasteiger partial charge in [-0.05, 0) is 35.7 Å². The number of anilines is 1. The van der Waals surface area contributed by atoms with Crippen LogP contribution in [0.5, 0.6) is 0 Å². The SMILES string of the molecule is O=C(COC(=O)c1cc(=O)c2ccccc2o1)Nc1ccccc1Cc1ccccc1. The van der Waals surface area contributed by atoms with Gasteiger partial charge in [0, 0.05) is 11.8 Å². The Kier molecular flexibility index (Phi) is 5.89. The lowest BCUT2D eigenvalue weighted by Gasteiger charge is -2.11. The first-order valence-corrected chi connectivity index (χ1v) is 9.72. The number of nitrogens with one attached hydrogen (secondary N) is 1. The molecule has 6 nitrogen and oxygen atoms in total. The van der Waals surface area contributed by atoms with Gasteiger partial charge in [0.15, 0.2) is 12.0 Å². The lowest BCUT2D eigenvalue weighted by atomic mass is 10.0. The molecule has 0 aliphatic rings. The molecule has 0 unspecified atom stereocenters. The Labute approximate surface area is 178 Å².